The molecule has 1 aromatic carbocycles. The average Bonchev–Trinajstić information content (AvgIpc) is 2.69. The van der Waals surface area contributed by atoms with Gasteiger partial charge in [0.2, 0.25) is 0 Å². The first-order chi connectivity index (χ1) is 13.3. The molecule has 1 heterocycles. The zero-order chi connectivity index (χ0) is 19.2. The molecule has 0 amide bonds. The number of nitrogens with zero attached hydrogens (tertiary/aromatic N) is 1. The standard InChI is InChI=1S/C26H45N/c1-3-4-5-6-7-8-9-10-11-12-16-21-26-22-17-18-24(2)27(26)23-25-19-14-13-15-20-25/h13-15,19-20,24,26H,3-12,16-18,21-23H2,1-2H3/t24-,26+/m1/s1. The smallest absolute Gasteiger partial charge is 0.0239 e. The van der Waals surface area contributed by atoms with Gasteiger partial charge in [-0.25, -0.2) is 0 Å². The van der Waals surface area contributed by atoms with E-state index in [-0.39, 0.29) is 0 Å². The summed E-state index contributed by atoms with van der Waals surface area (Å²) in [5, 5.41) is 0. The number of hydrogen-bond donors (Lipinski definition) is 0. The van der Waals surface area contributed by atoms with Crippen molar-refractivity contribution in [3.05, 3.63) is 35.9 Å². The zero-order valence-corrected chi connectivity index (χ0v) is 18.3. The van der Waals surface area contributed by atoms with Crippen LogP contribution in [0.5, 0.6) is 0 Å². The number of piperidine rings is 1. The van der Waals surface area contributed by atoms with Crippen molar-refractivity contribution in [2.24, 2.45) is 0 Å². The second kappa shape index (κ2) is 14.2. The molecule has 1 aliphatic heterocycles. The molecule has 1 nitrogen and oxygen atoms in total. The molecule has 1 fully saturated rings. The minimum absolute atomic E-state index is 0.747. The Morgan fingerprint density at radius 2 is 1.37 bits per heavy atom. The van der Waals surface area contributed by atoms with E-state index in [1.165, 1.54) is 102 Å². The van der Waals surface area contributed by atoms with Crippen LogP contribution in [0.25, 0.3) is 0 Å². The van der Waals surface area contributed by atoms with Crippen molar-refractivity contribution in [2.75, 3.05) is 0 Å². The minimum Gasteiger partial charge on any atom is -0.293 e. The third-order valence-electron chi connectivity index (χ3n) is 6.54. The molecule has 0 saturated carbocycles. The Labute approximate surface area is 169 Å². The molecule has 0 N–H and O–H groups in total. The first kappa shape index (κ1) is 22.5. The van der Waals surface area contributed by atoms with E-state index >= 15 is 0 Å². The molecular weight excluding hydrogens is 326 g/mol. The highest BCUT2D eigenvalue weighted by atomic mass is 15.2. The SMILES string of the molecule is CCCCCCCCCCCCC[C@H]1CCC[C@@H](C)N1Cc1ccccc1. The lowest BCUT2D eigenvalue weighted by Gasteiger charge is -2.41. The van der Waals surface area contributed by atoms with Gasteiger partial charge in [0.1, 0.15) is 0 Å². The number of likely N-dealkylation sites (tertiary alicyclic amines) is 1. The predicted molar refractivity (Wildman–Crippen MR) is 120 cm³/mol. The van der Waals surface area contributed by atoms with Crippen molar-refractivity contribution in [2.45, 2.75) is 129 Å². The van der Waals surface area contributed by atoms with Crippen molar-refractivity contribution in [1.82, 2.24) is 4.90 Å². The number of benzene rings is 1. The van der Waals surface area contributed by atoms with E-state index in [4.69, 9.17) is 0 Å². The highest BCUT2D eigenvalue weighted by Gasteiger charge is 2.27. The summed E-state index contributed by atoms with van der Waals surface area (Å²) in [5.74, 6) is 0. The number of rotatable bonds is 14. The molecule has 2 rings (SSSR count). The minimum atomic E-state index is 0.747. The van der Waals surface area contributed by atoms with Gasteiger partial charge in [-0.3, -0.25) is 4.90 Å². The molecule has 0 spiro atoms. The summed E-state index contributed by atoms with van der Waals surface area (Å²) in [7, 11) is 0. The molecule has 2 atom stereocenters. The molecule has 1 aliphatic rings. The maximum atomic E-state index is 2.80. The van der Waals surface area contributed by atoms with Crippen LogP contribution in [0.15, 0.2) is 30.3 Å². The van der Waals surface area contributed by atoms with Gasteiger partial charge >= 0.3 is 0 Å². The van der Waals surface area contributed by atoms with Crippen molar-refractivity contribution in [3.8, 4) is 0 Å². The maximum Gasteiger partial charge on any atom is 0.0239 e. The quantitative estimate of drug-likeness (QED) is 0.298. The Kier molecular flexibility index (Phi) is 11.8. The lowest BCUT2D eigenvalue weighted by molar-refractivity contribution is 0.0773. The fraction of sp³-hybridized carbons (Fsp3) is 0.769. The van der Waals surface area contributed by atoms with Crippen LogP contribution in [0.1, 0.15) is 116 Å². The molecular formula is C26H45N. The molecule has 1 aromatic rings. The number of hydrogen-bond acceptors (Lipinski definition) is 1. The Bertz CT molecular complexity index is 455. The normalized spacial score (nSPS) is 20.8. The maximum absolute atomic E-state index is 2.80. The van der Waals surface area contributed by atoms with Crippen LogP contribution >= 0.6 is 0 Å². The Hall–Kier alpha value is -0.820. The molecule has 154 valence electrons. The molecule has 0 aromatic heterocycles. The Balaban J connectivity index is 1.56. The Morgan fingerprint density at radius 1 is 0.778 bits per heavy atom. The van der Waals surface area contributed by atoms with Gasteiger partial charge < -0.3 is 0 Å². The van der Waals surface area contributed by atoms with Gasteiger partial charge in [-0.05, 0) is 31.7 Å². The summed E-state index contributed by atoms with van der Waals surface area (Å²) in [6.45, 7) is 5.88. The predicted octanol–water partition coefficient (Wildman–Crippen LogP) is 8.13. The van der Waals surface area contributed by atoms with Crippen LogP contribution in [0.2, 0.25) is 0 Å². The topological polar surface area (TPSA) is 3.24 Å². The van der Waals surface area contributed by atoms with Gasteiger partial charge in [0.25, 0.3) is 0 Å². The third kappa shape index (κ3) is 9.28. The summed E-state index contributed by atoms with van der Waals surface area (Å²) in [4.78, 5) is 2.80. The van der Waals surface area contributed by atoms with E-state index in [1.54, 1.807) is 0 Å². The summed E-state index contributed by atoms with van der Waals surface area (Å²) in [6, 6.07) is 12.6. The van der Waals surface area contributed by atoms with E-state index < -0.39 is 0 Å². The fourth-order valence-electron chi connectivity index (χ4n) is 4.77. The second-order valence-corrected chi connectivity index (χ2v) is 8.92. The van der Waals surface area contributed by atoms with Gasteiger partial charge in [-0.15, -0.1) is 0 Å². The highest BCUT2D eigenvalue weighted by molar-refractivity contribution is 5.15. The van der Waals surface area contributed by atoms with Gasteiger partial charge in [0, 0.05) is 18.6 Å². The second-order valence-electron chi connectivity index (χ2n) is 8.92. The first-order valence-electron chi connectivity index (χ1n) is 12.1. The molecule has 1 saturated heterocycles. The Morgan fingerprint density at radius 3 is 2.00 bits per heavy atom. The van der Waals surface area contributed by atoms with Crippen LogP contribution in [0.4, 0.5) is 0 Å². The van der Waals surface area contributed by atoms with Crippen LogP contribution in [-0.2, 0) is 6.54 Å². The van der Waals surface area contributed by atoms with Crippen molar-refractivity contribution >= 4 is 0 Å². The van der Waals surface area contributed by atoms with Gasteiger partial charge in [-0.2, -0.15) is 0 Å². The van der Waals surface area contributed by atoms with E-state index in [2.05, 4.69) is 49.1 Å². The first-order valence-corrected chi connectivity index (χ1v) is 12.1. The molecule has 0 radical (unpaired) electrons. The van der Waals surface area contributed by atoms with Crippen LogP contribution in [0, 0.1) is 0 Å². The molecule has 27 heavy (non-hydrogen) atoms. The van der Waals surface area contributed by atoms with Crippen molar-refractivity contribution < 1.29 is 0 Å². The largest absolute Gasteiger partial charge is 0.293 e. The van der Waals surface area contributed by atoms with E-state index in [0.717, 1.165) is 18.6 Å². The van der Waals surface area contributed by atoms with Crippen molar-refractivity contribution in [1.29, 1.82) is 0 Å². The van der Waals surface area contributed by atoms with E-state index in [9.17, 15) is 0 Å². The van der Waals surface area contributed by atoms with Crippen LogP contribution in [0.3, 0.4) is 0 Å². The highest BCUT2D eigenvalue weighted by Crippen LogP contribution is 2.28. The lowest BCUT2D eigenvalue weighted by atomic mass is 9.92. The zero-order valence-electron chi connectivity index (χ0n) is 18.3. The van der Waals surface area contributed by atoms with Crippen LogP contribution < -0.4 is 0 Å². The van der Waals surface area contributed by atoms with Gasteiger partial charge in [-0.1, -0.05) is 114 Å². The fourth-order valence-corrected chi connectivity index (χ4v) is 4.77. The van der Waals surface area contributed by atoms with Crippen molar-refractivity contribution in [3.63, 3.8) is 0 Å². The summed E-state index contributed by atoms with van der Waals surface area (Å²) < 4.78 is 0. The molecule has 0 bridgehead atoms. The molecule has 0 unspecified atom stereocenters. The third-order valence-corrected chi connectivity index (χ3v) is 6.54. The number of unbranched alkanes of at least 4 members (excludes halogenated alkanes) is 10. The summed E-state index contributed by atoms with van der Waals surface area (Å²) in [5.41, 5.74) is 1.48. The molecule has 0 aliphatic carbocycles. The molecule has 1 heteroatoms. The lowest BCUT2D eigenvalue weighted by Crippen LogP contribution is -2.44. The summed E-state index contributed by atoms with van der Waals surface area (Å²) >= 11 is 0. The van der Waals surface area contributed by atoms with Gasteiger partial charge in [0.05, 0.1) is 0 Å². The van der Waals surface area contributed by atoms with Crippen LogP contribution in [-0.4, -0.2) is 17.0 Å². The van der Waals surface area contributed by atoms with E-state index in [0.29, 0.717) is 0 Å². The monoisotopic (exact) mass is 371 g/mol. The summed E-state index contributed by atoms with van der Waals surface area (Å²) in [6.07, 6.45) is 21.5. The van der Waals surface area contributed by atoms with Gasteiger partial charge in [0.15, 0.2) is 0 Å². The average molecular weight is 372 g/mol. The van der Waals surface area contributed by atoms with E-state index in [1.807, 2.05) is 0 Å².